The highest BCUT2D eigenvalue weighted by Crippen LogP contribution is 2.32. The van der Waals surface area contributed by atoms with Crippen molar-refractivity contribution in [3.8, 4) is 11.1 Å². The number of hydrogen-bond acceptors (Lipinski definition) is 3. The van der Waals surface area contributed by atoms with Crippen LogP contribution in [0.4, 0.5) is 0 Å². The first-order chi connectivity index (χ1) is 13.8. The van der Waals surface area contributed by atoms with Gasteiger partial charge in [0, 0.05) is 23.7 Å². The first-order valence-electron chi connectivity index (χ1n) is 9.43. The van der Waals surface area contributed by atoms with Gasteiger partial charge in [-0.2, -0.15) is 0 Å². The molecule has 3 aromatic carbocycles. The zero-order valence-electron chi connectivity index (χ0n) is 15.7. The van der Waals surface area contributed by atoms with E-state index in [4.69, 9.17) is 16.7 Å². The van der Waals surface area contributed by atoms with Crippen molar-refractivity contribution < 1.29 is 13.2 Å². The van der Waals surface area contributed by atoms with E-state index in [1.807, 2.05) is 60.7 Å². The summed E-state index contributed by atoms with van der Waals surface area (Å²) in [6, 6.07) is 19.2. The van der Waals surface area contributed by atoms with Gasteiger partial charge >= 0.3 is 0 Å². The lowest BCUT2D eigenvalue weighted by Crippen LogP contribution is -2.44. The molecule has 0 aliphatic carbocycles. The zero-order valence-corrected chi connectivity index (χ0v) is 17.3. The summed E-state index contributed by atoms with van der Waals surface area (Å²) >= 11 is 6.01. The number of sulfonamides is 1. The van der Waals surface area contributed by atoms with E-state index >= 15 is 0 Å². The summed E-state index contributed by atoms with van der Waals surface area (Å²) in [7, 11) is -3.56. The van der Waals surface area contributed by atoms with Gasteiger partial charge in [-0.05, 0) is 52.9 Å². The zero-order chi connectivity index (χ0) is 20.6. The highest BCUT2D eigenvalue weighted by molar-refractivity contribution is 7.89. The summed E-state index contributed by atoms with van der Waals surface area (Å²) in [5.74, 6) is -0.0864. The van der Waals surface area contributed by atoms with Gasteiger partial charge in [0.1, 0.15) is 0 Å². The number of halogens is 1. The molecule has 4 rings (SSSR count). The van der Waals surface area contributed by atoms with E-state index in [-0.39, 0.29) is 5.91 Å². The highest BCUT2D eigenvalue weighted by Gasteiger charge is 2.30. The van der Waals surface area contributed by atoms with Crippen LogP contribution in [0, 0.1) is 0 Å². The van der Waals surface area contributed by atoms with Crippen LogP contribution in [-0.4, -0.2) is 37.6 Å². The van der Waals surface area contributed by atoms with Gasteiger partial charge in [-0.15, -0.1) is 0 Å². The van der Waals surface area contributed by atoms with Gasteiger partial charge in [0.25, 0.3) is 5.91 Å². The molecule has 0 unspecified atom stereocenters. The third kappa shape index (κ3) is 4.01. The Bertz CT molecular complexity index is 1170. The summed E-state index contributed by atoms with van der Waals surface area (Å²) in [6.45, 7) is 0.764. The van der Waals surface area contributed by atoms with Crippen LogP contribution >= 0.6 is 11.6 Å². The van der Waals surface area contributed by atoms with Crippen molar-refractivity contribution in [1.29, 1.82) is 0 Å². The van der Waals surface area contributed by atoms with Crippen molar-refractivity contribution in [2.75, 3.05) is 13.1 Å². The van der Waals surface area contributed by atoms with Crippen molar-refractivity contribution in [3.05, 3.63) is 71.2 Å². The number of piperidine rings is 1. The van der Waals surface area contributed by atoms with Gasteiger partial charge in [-0.25, -0.2) is 13.6 Å². The lowest BCUT2D eigenvalue weighted by Gasteiger charge is -2.31. The molecule has 150 valence electrons. The Labute approximate surface area is 175 Å². The second kappa shape index (κ2) is 7.78. The van der Waals surface area contributed by atoms with Gasteiger partial charge in [-0.1, -0.05) is 54.1 Å². The van der Waals surface area contributed by atoms with Crippen LogP contribution < -0.4 is 5.14 Å². The number of carbonyl (C=O) groups is 1. The average Bonchev–Trinajstić information content (AvgIpc) is 2.72. The first-order valence-corrected chi connectivity index (χ1v) is 11.4. The minimum absolute atomic E-state index is 0.0864. The van der Waals surface area contributed by atoms with Crippen LogP contribution in [0.1, 0.15) is 23.2 Å². The molecule has 1 saturated heterocycles. The Morgan fingerprint density at radius 2 is 1.55 bits per heavy atom. The maximum Gasteiger partial charge on any atom is 0.254 e. The van der Waals surface area contributed by atoms with Crippen molar-refractivity contribution in [1.82, 2.24) is 4.90 Å². The van der Waals surface area contributed by atoms with Crippen LogP contribution in [0.15, 0.2) is 60.7 Å². The Morgan fingerprint density at radius 1 is 0.931 bits per heavy atom. The number of benzene rings is 3. The molecule has 1 amide bonds. The lowest BCUT2D eigenvalue weighted by atomic mass is 9.95. The molecule has 5 nitrogen and oxygen atoms in total. The van der Waals surface area contributed by atoms with Crippen molar-refractivity contribution in [2.45, 2.75) is 18.1 Å². The van der Waals surface area contributed by atoms with Crippen LogP contribution in [0.25, 0.3) is 21.9 Å². The molecule has 0 radical (unpaired) electrons. The summed E-state index contributed by atoms with van der Waals surface area (Å²) in [6.07, 6.45) is 0.733. The van der Waals surface area contributed by atoms with Crippen LogP contribution in [0.2, 0.25) is 5.02 Å². The largest absolute Gasteiger partial charge is 0.339 e. The summed E-state index contributed by atoms with van der Waals surface area (Å²) in [5.41, 5.74) is 2.67. The standard InChI is InChI=1S/C22H21ClN2O3S/c23-16-9-7-15(8-10-16)18-3-1-5-20-19(18)4-2-6-21(20)22(26)25-13-11-17(12-14-25)29(24,27)28/h1-10,17H,11-14H2,(H2,24,27,28). The number of rotatable bonds is 3. The van der Waals surface area contributed by atoms with Gasteiger partial charge in [0.2, 0.25) is 10.0 Å². The molecule has 1 aliphatic rings. The molecule has 3 aromatic rings. The predicted octanol–water partition coefficient (Wildman–Crippen LogP) is 4.05. The van der Waals surface area contributed by atoms with Crippen LogP contribution in [-0.2, 0) is 10.0 Å². The number of fused-ring (bicyclic) bond motifs is 1. The van der Waals surface area contributed by atoms with Crippen molar-refractivity contribution in [3.63, 3.8) is 0 Å². The summed E-state index contributed by atoms with van der Waals surface area (Å²) in [4.78, 5) is 14.9. The normalized spacial score (nSPS) is 15.6. The fourth-order valence-electron chi connectivity index (χ4n) is 3.94. The molecular weight excluding hydrogens is 408 g/mol. The number of likely N-dealkylation sites (tertiary alicyclic amines) is 1. The maximum absolute atomic E-state index is 13.2. The van der Waals surface area contributed by atoms with Gasteiger partial charge in [0.05, 0.1) is 5.25 Å². The van der Waals surface area contributed by atoms with E-state index in [1.165, 1.54) is 0 Å². The Hall–Kier alpha value is -2.41. The molecule has 1 aliphatic heterocycles. The van der Waals surface area contributed by atoms with E-state index in [1.54, 1.807) is 4.90 Å². The number of hydrogen-bond donors (Lipinski definition) is 1. The number of nitrogens with two attached hydrogens (primary N) is 1. The molecule has 1 fully saturated rings. The summed E-state index contributed by atoms with van der Waals surface area (Å²) in [5, 5.41) is 7.22. The first kappa shape index (κ1) is 19.9. The second-order valence-electron chi connectivity index (χ2n) is 7.29. The number of nitrogens with zero attached hydrogens (tertiary/aromatic N) is 1. The minimum atomic E-state index is -3.56. The van der Waals surface area contributed by atoms with Crippen molar-refractivity contribution >= 4 is 38.3 Å². The Kier molecular flexibility index (Phi) is 5.34. The quantitative estimate of drug-likeness (QED) is 0.683. The smallest absolute Gasteiger partial charge is 0.254 e. The molecule has 0 aromatic heterocycles. The van der Waals surface area contributed by atoms with Gasteiger partial charge in [0.15, 0.2) is 0 Å². The molecule has 0 bridgehead atoms. The van der Waals surface area contributed by atoms with Gasteiger partial charge in [-0.3, -0.25) is 4.79 Å². The molecule has 2 N–H and O–H groups in total. The molecule has 0 atom stereocenters. The molecule has 7 heteroatoms. The SMILES string of the molecule is NS(=O)(=O)C1CCN(C(=O)c2cccc3c(-c4ccc(Cl)cc4)cccc23)CC1. The number of primary sulfonamides is 1. The minimum Gasteiger partial charge on any atom is -0.339 e. The molecular formula is C22H21ClN2O3S. The van der Waals surface area contributed by atoms with E-state index in [0.717, 1.165) is 21.9 Å². The average molecular weight is 429 g/mol. The summed E-state index contributed by atoms with van der Waals surface area (Å²) < 4.78 is 23.1. The maximum atomic E-state index is 13.2. The highest BCUT2D eigenvalue weighted by atomic mass is 35.5. The fourth-order valence-corrected chi connectivity index (χ4v) is 4.93. The number of carbonyl (C=O) groups excluding carboxylic acids is 1. The molecule has 1 heterocycles. The van der Waals surface area contributed by atoms with Crippen LogP contribution in [0.3, 0.4) is 0 Å². The van der Waals surface area contributed by atoms with E-state index < -0.39 is 15.3 Å². The Balaban J connectivity index is 1.68. The monoisotopic (exact) mass is 428 g/mol. The van der Waals surface area contributed by atoms with Gasteiger partial charge < -0.3 is 4.90 Å². The Morgan fingerprint density at radius 3 is 2.21 bits per heavy atom. The predicted molar refractivity (Wildman–Crippen MR) is 116 cm³/mol. The van der Waals surface area contributed by atoms with E-state index in [2.05, 4.69) is 0 Å². The van der Waals surface area contributed by atoms with Crippen LogP contribution in [0.5, 0.6) is 0 Å². The third-order valence-corrected chi connectivity index (χ3v) is 7.15. The fraction of sp³-hybridized carbons (Fsp3) is 0.227. The molecule has 0 saturated carbocycles. The number of amides is 1. The lowest BCUT2D eigenvalue weighted by molar-refractivity contribution is 0.0727. The third-order valence-electron chi connectivity index (χ3n) is 5.50. The second-order valence-corrected chi connectivity index (χ2v) is 9.57. The topological polar surface area (TPSA) is 80.5 Å². The van der Waals surface area contributed by atoms with E-state index in [0.29, 0.717) is 36.5 Å². The molecule has 29 heavy (non-hydrogen) atoms. The molecule has 0 spiro atoms. The van der Waals surface area contributed by atoms with E-state index in [9.17, 15) is 13.2 Å². The van der Waals surface area contributed by atoms with Crippen molar-refractivity contribution in [2.24, 2.45) is 5.14 Å².